The van der Waals surface area contributed by atoms with E-state index in [4.69, 9.17) is 0 Å². The Hall–Kier alpha value is -6.88. The fourth-order valence-corrected chi connectivity index (χ4v) is 22.0. The molecule has 0 amide bonds. The van der Waals surface area contributed by atoms with Crippen LogP contribution in [0.3, 0.4) is 0 Å². The summed E-state index contributed by atoms with van der Waals surface area (Å²) < 4.78 is 62.8. The van der Waals surface area contributed by atoms with Gasteiger partial charge in [-0.15, -0.1) is 0 Å². The van der Waals surface area contributed by atoms with Crippen LogP contribution in [0.5, 0.6) is 0 Å². The van der Waals surface area contributed by atoms with Crippen molar-refractivity contribution in [3.8, 4) is 0 Å². The van der Waals surface area contributed by atoms with Crippen LogP contribution in [-0.4, -0.2) is 0 Å². The maximum atomic E-state index is 16.5. The molecule has 0 spiro atoms. The summed E-state index contributed by atoms with van der Waals surface area (Å²) in [6.45, 7) is 0. The van der Waals surface area contributed by atoms with Gasteiger partial charge in [-0.05, 0) is 51.6 Å². The smallest absolute Gasteiger partial charge is 0.172 e. The van der Waals surface area contributed by atoms with Crippen molar-refractivity contribution in [2.45, 2.75) is 0 Å². The van der Waals surface area contributed by atoms with Crippen molar-refractivity contribution in [1.29, 1.82) is 0 Å². The highest BCUT2D eigenvalue weighted by atomic mass is 31.2. The van der Waals surface area contributed by atoms with Gasteiger partial charge in [-0.2, -0.15) is 0 Å². The lowest BCUT2D eigenvalue weighted by molar-refractivity contribution is 0.592. The van der Waals surface area contributed by atoms with Gasteiger partial charge in [-0.3, -0.25) is 0 Å². The minimum Gasteiger partial charge on any atom is -0.309 e. The van der Waals surface area contributed by atoms with Gasteiger partial charge in [0.2, 0.25) is 0 Å². The summed E-state index contributed by atoms with van der Waals surface area (Å²) in [6.07, 6.45) is 6.09. The second-order valence-electron chi connectivity index (χ2n) is 17.3. The summed E-state index contributed by atoms with van der Waals surface area (Å²) in [5.74, 6) is 0. The molecule has 326 valence electrons. The lowest BCUT2D eigenvalue weighted by atomic mass is 10.1. The first kappa shape index (κ1) is 42.5. The van der Waals surface area contributed by atoms with Crippen LogP contribution >= 0.6 is 28.6 Å². The SMILES string of the molecule is O=P1(c2ccccc2)C(c2ccc(P(=O)(c3ccc(C4=Cc5ccccc5P4(=O)c4ccccc4)cc3)c3ccc(C4=Cc5ccccc5[P@]4(=O)c4ccccc4)cc3)cc2)=Cc2ccccc21. The molecule has 0 N–H and O–H groups in total. The fourth-order valence-electron chi connectivity index (χ4n) is 10.3. The van der Waals surface area contributed by atoms with Crippen LogP contribution in [0.15, 0.2) is 237 Å². The Morgan fingerprint density at radius 3 is 0.765 bits per heavy atom. The second-order valence-corrected chi connectivity index (χ2v) is 28.2. The predicted octanol–water partition coefficient (Wildman–Crippen LogP) is 11.8. The number of hydrogen-bond donors (Lipinski definition) is 0. The summed E-state index contributed by atoms with van der Waals surface area (Å²) >= 11 is 0. The van der Waals surface area contributed by atoms with Crippen LogP contribution in [0.4, 0.5) is 0 Å². The average Bonchev–Trinajstić information content (AvgIpc) is 4.02. The van der Waals surface area contributed by atoms with E-state index in [9.17, 15) is 0 Å². The number of rotatable bonds is 9. The molecule has 0 radical (unpaired) electrons. The molecular formula is C60H42O4P4. The second kappa shape index (κ2) is 16.4. The molecule has 9 aromatic rings. The van der Waals surface area contributed by atoms with Crippen molar-refractivity contribution < 1.29 is 18.3 Å². The van der Waals surface area contributed by atoms with Gasteiger partial charge in [0.1, 0.15) is 0 Å². The predicted molar refractivity (Wildman–Crippen MR) is 289 cm³/mol. The summed E-state index contributed by atoms with van der Waals surface area (Å²) in [5, 5.41) is 8.77. The standard InChI is InChI=1S/C60H42O4P4/c61-65(52-34-28-43(29-35-52)58-40-46-16-10-13-25-55(46)66(58,62)49-19-4-1-5-20-49,53-36-30-44(31-37-53)59-41-47-17-11-14-26-56(47)67(59,63)50-21-6-2-7-22-50)54-38-32-45(33-39-54)60-42-48-18-12-15-27-57(48)68(60,64)51-23-8-3-9-24-51/h1-42H/t65?,66-,67?,68?/m1/s1. The lowest BCUT2D eigenvalue weighted by Crippen LogP contribution is -2.25. The van der Waals surface area contributed by atoms with Crippen molar-refractivity contribution in [3.05, 3.63) is 270 Å². The Morgan fingerprint density at radius 1 is 0.265 bits per heavy atom. The monoisotopic (exact) mass is 950 g/mol. The minimum absolute atomic E-state index is 0.609. The van der Waals surface area contributed by atoms with Gasteiger partial charge in [-0.25, -0.2) is 0 Å². The maximum Gasteiger partial charge on any atom is 0.172 e. The van der Waals surface area contributed by atoms with Gasteiger partial charge in [-0.1, -0.05) is 237 Å². The largest absolute Gasteiger partial charge is 0.309 e. The minimum atomic E-state index is -3.64. The molecule has 8 heteroatoms. The van der Waals surface area contributed by atoms with Crippen LogP contribution in [0.25, 0.3) is 34.2 Å². The Kier molecular flexibility index (Phi) is 10.3. The molecule has 0 saturated heterocycles. The zero-order valence-corrected chi connectivity index (χ0v) is 40.2. The molecule has 0 bridgehead atoms. The molecule has 68 heavy (non-hydrogen) atoms. The van der Waals surface area contributed by atoms with Crippen LogP contribution in [0.2, 0.25) is 0 Å². The Morgan fingerprint density at radius 2 is 0.500 bits per heavy atom. The van der Waals surface area contributed by atoms with E-state index in [1.807, 2.05) is 255 Å². The third-order valence-corrected chi connectivity index (χ3v) is 26.3. The zero-order chi connectivity index (χ0) is 46.1. The Balaban J connectivity index is 0.977. The number of benzene rings is 9. The fraction of sp³-hybridized carbons (Fsp3) is 0. The van der Waals surface area contributed by atoms with Crippen molar-refractivity contribution in [2.75, 3.05) is 0 Å². The molecule has 3 heterocycles. The summed E-state index contributed by atoms with van der Waals surface area (Å²) in [5.41, 5.74) is 5.17. The topological polar surface area (TPSA) is 68.3 Å². The summed E-state index contributed by atoms with van der Waals surface area (Å²) in [7, 11) is -13.3. The molecule has 12 rings (SSSR count). The van der Waals surface area contributed by atoms with Gasteiger partial charge in [0.05, 0.1) is 0 Å². The number of fused-ring (bicyclic) bond motifs is 3. The first-order chi connectivity index (χ1) is 33.2. The molecule has 9 aromatic carbocycles. The molecule has 4 nitrogen and oxygen atoms in total. The van der Waals surface area contributed by atoms with E-state index < -0.39 is 28.6 Å². The molecule has 0 aromatic heterocycles. The van der Waals surface area contributed by atoms with Crippen molar-refractivity contribution in [2.24, 2.45) is 0 Å². The van der Waals surface area contributed by atoms with Gasteiger partial charge in [0.25, 0.3) is 0 Å². The molecule has 3 aliphatic rings. The van der Waals surface area contributed by atoms with E-state index in [-0.39, 0.29) is 0 Å². The van der Waals surface area contributed by atoms with Crippen LogP contribution in [0, 0.1) is 0 Å². The molecule has 2 unspecified atom stereocenters. The van der Waals surface area contributed by atoms with Gasteiger partial charge < -0.3 is 18.3 Å². The average molecular weight is 951 g/mol. The van der Waals surface area contributed by atoms with E-state index in [0.29, 0.717) is 15.9 Å². The highest BCUT2D eigenvalue weighted by Crippen LogP contribution is 2.64. The third-order valence-electron chi connectivity index (χ3n) is 13.7. The van der Waals surface area contributed by atoms with E-state index in [0.717, 1.165) is 81.2 Å². The molecule has 3 aliphatic heterocycles. The lowest BCUT2D eigenvalue weighted by Gasteiger charge is -2.23. The molecule has 0 saturated carbocycles. The molecular weight excluding hydrogens is 909 g/mol. The third kappa shape index (κ3) is 6.44. The summed E-state index contributed by atoms with van der Waals surface area (Å²) in [4.78, 5) is 0. The first-order valence-electron chi connectivity index (χ1n) is 22.6. The molecule has 0 fully saturated rings. The molecule has 0 aliphatic carbocycles. The zero-order valence-electron chi connectivity index (χ0n) is 36.7. The van der Waals surface area contributed by atoms with E-state index in [1.54, 1.807) is 0 Å². The van der Waals surface area contributed by atoms with Crippen LogP contribution in [-0.2, 0) is 18.3 Å². The number of hydrogen-bond acceptors (Lipinski definition) is 4. The highest BCUT2D eigenvalue weighted by molar-refractivity contribution is 7.89. The Labute approximate surface area is 396 Å². The van der Waals surface area contributed by atoms with Gasteiger partial charge in [0, 0.05) is 63.7 Å². The van der Waals surface area contributed by atoms with Gasteiger partial charge >= 0.3 is 0 Å². The van der Waals surface area contributed by atoms with Crippen molar-refractivity contribution >= 4 is 110 Å². The van der Waals surface area contributed by atoms with E-state index in [2.05, 4.69) is 0 Å². The van der Waals surface area contributed by atoms with Crippen molar-refractivity contribution in [1.82, 2.24) is 0 Å². The van der Waals surface area contributed by atoms with Crippen molar-refractivity contribution in [3.63, 3.8) is 0 Å². The van der Waals surface area contributed by atoms with Gasteiger partial charge in [0.15, 0.2) is 28.6 Å². The van der Waals surface area contributed by atoms with Crippen LogP contribution in [0.1, 0.15) is 33.4 Å². The normalized spacial score (nSPS) is 20.9. The maximum absolute atomic E-state index is 16.5. The van der Waals surface area contributed by atoms with E-state index >= 15 is 18.3 Å². The highest BCUT2D eigenvalue weighted by Gasteiger charge is 2.42. The quantitative estimate of drug-likeness (QED) is 0.135. The molecule has 3 atom stereocenters. The summed E-state index contributed by atoms with van der Waals surface area (Å²) in [6, 6.07) is 75.7. The van der Waals surface area contributed by atoms with E-state index in [1.165, 1.54) is 0 Å². The Bertz CT molecular complexity index is 3370. The first-order valence-corrected chi connectivity index (χ1v) is 29.4. The van der Waals surface area contributed by atoms with Crippen LogP contribution < -0.4 is 47.7 Å².